The molecular weight excluding hydrogens is 563 g/mol. The quantitative estimate of drug-likeness (QED) is 0.107. The number of rotatable bonds is 6. The highest BCUT2D eigenvalue weighted by Gasteiger charge is 2.13. The Morgan fingerprint density at radius 2 is 1.74 bits per heavy atom. The van der Waals surface area contributed by atoms with Gasteiger partial charge in [-0.05, 0) is 77.5 Å². The maximum Gasteiger partial charge on any atom is 0.252 e. The van der Waals surface area contributed by atoms with Crippen molar-refractivity contribution < 1.29 is 13.8 Å². The fourth-order valence-electron chi connectivity index (χ4n) is 4.24. The number of fused-ring (bicyclic) bond motifs is 2. The molecule has 0 saturated heterocycles. The van der Waals surface area contributed by atoms with Crippen molar-refractivity contribution in [2.75, 3.05) is 12.8 Å². The minimum absolute atomic E-state index is 0.130. The van der Waals surface area contributed by atoms with E-state index in [2.05, 4.69) is 34.6 Å². The van der Waals surface area contributed by atoms with Crippen molar-refractivity contribution in [1.29, 1.82) is 5.41 Å². The lowest BCUT2D eigenvalue weighted by atomic mass is 10.1. The molecule has 6 rings (SSSR count). The number of amides is 1. The van der Waals surface area contributed by atoms with Crippen LogP contribution < -0.4 is 15.6 Å². The second kappa shape index (κ2) is 13.9. The van der Waals surface area contributed by atoms with Crippen molar-refractivity contribution in [1.82, 2.24) is 10.3 Å². The molecule has 1 amide bonds. The summed E-state index contributed by atoms with van der Waals surface area (Å²) in [5.41, 5.74) is 10.2. The largest absolute Gasteiger partial charge is 0.449 e. The first-order valence-electron chi connectivity index (χ1n) is 13.1. The van der Waals surface area contributed by atoms with Crippen molar-refractivity contribution in [3.05, 3.63) is 132 Å². The van der Waals surface area contributed by atoms with Crippen LogP contribution in [0.5, 0.6) is 5.75 Å². The molecule has 2 heterocycles. The van der Waals surface area contributed by atoms with Crippen LogP contribution in [0.1, 0.15) is 27.2 Å². The SMILES string of the molecule is CNC(=O)c1ccccc1Sc1ccc(C(=N)/C=C/c2ccccn2)c(N)c1.c1ccc2cc3c(cc2c1)COPO3. The molecule has 0 aliphatic carbocycles. The number of allylic oxidation sites excluding steroid dienone is 1. The molecule has 1 aliphatic rings. The van der Waals surface area contributed by atoms with Gasteiger partial charge >= 0.3 is 0 Å². The van der Waals surface area contributed by atoms with Crippen LogP contribution in [0.4, 0.5) is 5.69 Å². The number of pyridine rings is 1. The summed E-state index contributed by atoms with van der Waals surface area (Å²) in [6.07, 6.45) is 5.17. The van der Waals surface area contributed by atoms with Gasteiger partial charge in [0.15, 0.2) is 0 Å². The first-order chi connectivity index (χ1) is 20.5. The highest BCUT2D eigenvalue weighted by atomic mass is 32.2. The van der Waals surface area contributed by atoms with Crippen LogP contribution in [0, 0.1) is 5.41 Å². The Morgan fingerprint density at radius 3 is 2.50 bits per heavy atom. The lowest BCUT2D eigenvalue weighted by molar-refractivity contribution is 0.0960. The molecule has 210 valence electrons. The van der Waals surface area contributed by atoms with Crippen molar-refractivity contribution in [3.63, 3.8) is 0 Å². The molecule has 5 aromatic rings. The summed E-state index contributed by atoms with van der Waals surface area (Å²) in [7, 11) is 1.75. The summed E-state index contributed by atoms with van der Waals surface area (Å²) in [5, 5.41) is 13.4. The fraction of sp³-hybridized carbons (Fsp3) is 0.0606. The molecule has 7 nitrogen and oxygen atoms in total. The summed E-state index contributed by atoms with van der Waals surface area (Å²) in [5.74, 6) is 0.836. The van der Waals surface area contributed by atoms with E-state index in [9.17, 15) is 4.79 Å². The summed E-state index contributed by atoms with van der Waals surface area (Å²) < 4.78 is 10.7. The highest BCUT2D eigenvalue weighted by Crippen LogP contribution is 2.36. The minimum Gasteiger partial charge on any atom is -0.449 e. The molecule has 0 saturated carbocycles. The Hall–Kier alpha value is -4.49. The fourth-order valence-corrected chi connectivity index (χ4v) is 5.79. The van der Waals surface area contributed by atoms with Crippen molar-refractivity contribution >= 4 is 55.0 Å². The van der Waals surface area contributed by atoms with Gasteiger partial charge in [0.05, 0.1) is 23.6 Å². The van der Waals surface area contributed by atoms with Crippen LogP contribution in [0.25, 0.3) is 16.8 Å². The minimum atomic E-state index is -0.130. The van der Waals surface area contributed by atoms with E-state index < -0.39 is 0 Å². The molecule has 0 fully saturated rings. The summed E-state index contributed by atoms with van der Waals surface area (Å²) in [4.78, 5) is 18.0. The van der Waals surface area contributed by atoms with Gasteiger partial charge in [-0.2, -0.15) is 0 Å². The summed E-state index contributed by atoms with van der Waals surface area (Å²) in [6.45, 7) is 0.665. The van der Waals surface area contributed by atoms with E-state index in [4.69, 9.17) is 20.2 Å². The first-order valence-corrected chi connectivity index (χ1v) is 14.8. The lowest BCUT2D eigenvalue weighted by Gasteiger charge is -2.17. The molecule has 4 N–H and O–H groups in total. The summed E-state index contributed by atoms with van der Waals surface area (Å²) in [6, 6.07) is 31.1. The van der Waals surface area contributed by atoms with Gasteiger partial charge in [0.25, 0.3) is 5.91 Å². The average molecular weight is 593 g/mol. The molecule has 42 heavy (non-hydrogen) atoms. The van der Waals surface area contributed by atoms with Gasteiger partial charge in [-0.3, -0.25) is 9.78 Å². The predicted molar refractivity (Wildman–Crippen MR) is 173 cm³/mol. The Labute approximate surface area is 250 Å². The van der Waals surface area contributed by atoms with Gasteiger partial charge in [0, 0.05) is 39.8 Å². The van der Waals surface area contributed by atoms with E-state index in [0.717, 1.165) is 26.8 Å². The molecular formula is C33H29N4O3PS. The molecule has 1 atom stereocenters. The van der Waals surface area contributed by atoms with Crippen LogP contribution in [0.15, 0.2) is 119 Å². The maximum atomic E-state index is 12.0. The van der Waals surface area contributed by atoms with Gasteiger partial charge in [0.2, 0.25) is 9.03 Å². The average Bonchev–Trinajstić information content (AvgIpc) is 3.03. The standard InChI is InChI=1S/C22H20N4OS.C11H9O2P/c1-25-22(27)18-7-2-3-8-21(18)28-16-10-11-17(20(24)14-16)19(23)12-9-15-6-4-5-13-26-15;1-2-4-9-6-11-10(5-8(9)3-1)7-12-14-13-11/h2-14,23H,24H2,1H3,(H,25,27);1-6,14H,7H2/b12-9+,23-19?;. The third-order valence-electron chi connectivity index (χ3n) is 6.38. The second-order valence-corrected chi connectivity index (χ2v) is 11.0. The second-order valence-electron chi connectivity index (χ2n) is 9.21. The van der Waals surface area contributed by atoms with Gasteiger partial charge in [-0.25, -0.2) is 0 Å². The number of nitrogen functional groups attached to an aromatic ring is 1. The number of benzene rings is 4. The third-order valence-corrected chi connectivity index (χ3v) is 8.01. The van der Waals surface area contributed by atoms with Gasteiger partial charge < -0.3 is 25.5 Å². The molecule has 9 heteroatoms. The molecule has 0 radical (unpaired) electrons. The molecule has 4 aromatic carbocycles. The zero-order valence-corrected chi connectivity index (χ0v) is 24.7. The number of carbonyl (C=O) groups excluding carboxylic acids is 1. The van der Waals surface area contributed by atoms with Crippen LogP contribution >= 0.6 is 20.8 Å². The third kappa shape index (κ3) is 7.22. The van der Waals surface area contributed by atoms with Crippen molar-refractivity contribution in [2.45, 2.75) is 16.4 Å². The smallest absolute Gasteiger partial charge is 0.252 e. The number of carbonyl (C=O) groups is 1. The maximum absolute atomic E-state index is 12.0. The number of nitrogens with one attached hydrogen (secondary N) is 2. The molecule has 0 spiro atoms. The lowest BCUT2D eigenvalue weighted by Crippen LogP contribution is -2.18. The number of anilines is 1. The van der Waals surface area contributed by atoms with E-state index in [1.54, 1.807) is 31.5 Å². The monoisotopic (exact) mass is 592 g/mol. The van der Waals surface area contributed by atoms with E-state index in [1.807, 2.05) is 66.7 Å². The van der Waals surface area contributed by atoms with Crippen LogP contribution in [-0.2, 0) is 11.1 Å². The Kier molecular flexibility index (Phi) is 9.62. The normalized spacial score (nSPS) is 12.7. The zero-order chi connectivity index (χ0) is 29.3. The molecule has 1 aromatic heterocycles. The van der Waals surface area contributed by atoms with Gasteiger partial charge in [0.1, 0.15) is 5.75 Å². The van der Waals surface area contributed by atoms with Crippen molar-refractivity contribution in [3.8, 4) is 5.75 Å². The predicted octanol–water partition coefficient (Wildman–Crippen LogP) is 7.51. The van der Waals surface area contributed by atoms with Crippen molar-refractivity contribution in [2.24, 2.45) is 0 Å². The van der Waals surface area contributed by atoms with Gasteiger partial charge in [-0.1, -0.05) is 54.2 Å². The summed E-state index contributed by atoms with van der Waals surface area (Å²) >= 11 is 1.46. The molecule has 1 aliphatic heterocycles. The van der Waals surface area contributed by atoms with Crippen LogP contribution in [0.3, 0.4) is 0 Å². The van der Waals surface area contributed by atoms with E-state index in [0.29, 0.717) is 29.1 Å². The Morgan fingerprint density at radius 1 is 0.976 bits per heavy atom. The number of hydrogen-bond acceptors (Lipinski definition) is 7. The van der Waals surface area contributed by atoms with Crippen LogP contribution in [0.2, 0.25) is 0 Å². The highest BCUT2D eigenvalue weighted by molar-refractivity contribution is 7.99. The number of aromatic nitrogens is 1. The van der Waals surface area contributed by atoms with Crippen LogP contribution in [-0.4, -0.2) is 23.7 Å². The number of hydrogen-bond donors (Lipinski definition) is 3. The molecule has 0 bridgehead atoms. The Bertz CT molecular complexity index is 1720. The number of nitrogens with two attached hydrogens (primary N) is 1. The first kappa shape index (κ1) is 29.0. The number of nitrogens with zero attached hydrogens (tertiary/aromatic N) is 1. The van der Waals surface area contributed by atoms with E-state index >= 15 is 0 Å². The van der Waals surface area contributed by atoms with Gasteiger partial charge in [-0.15, -0.1) is 0 Å². The van der Waals surface area contributed by atoms with E-state index in [-0.39, 0.29) is 14.9 Å². The zero-order valence-electron chi connectivity index (χ0n) is 22.8. The Balaban J connectivity index is 0.000000208. The van der Waals surface area contributed by atoms with E-state index in [1.165, 1.54) is 22.5 Å². The molecule has 1 unspecified atom stereocenters. The topological polar surface area (TPSA) is 110 Å².